The van der Waals surface area contributed by atoms with Crippen LogP contribution in [0.15, 0.2) is 31.9 Å². The summed E-state index contributed by atoms with van der Waals surface area (Å²) in [7, 11) is 1.68. The fraction of sp³-hybridized carbons (Fsp3) is 0.125. The predicted molar refractivity (Wildman–Crippen MR) is 49.2 cm³/mol. The molecule has 0 aliphatic carbocycles. The minimum Gasteiger partial charge on any atom is -0.406 e. The first-order chi connectivity index (χ1) is 5.70. The Labute approximate surface area is 76.7 Å². The number of aromatic nitrogens is 1. The average Bonchev–Trinajstić information content (AvgIpc) is 2.32. The number of rotatable bonds is 0. The third kappa shape index (κ3) is 0.914. The SMILES string of the molecule is Cn1c(=O)oc2c(Br)cccc21. The molecule has 0 atom stereocenters. The molecule has 0 aliphatic heterocycles. The third-order valence-corrected chi connectivity index (χ3v) is 2.40. The van der Waals surface area contributed by atoms with Crippen molar-refractivity contribution in [1.82, 2.24) is 4.57 Å². The van der Waals surface area contributed by atoms with E-state index in [-0.39, 0.29) is 5.76 Å². The summed E-state index contributed by atoms with van der Waals surface area (Å²) < 4.78 is 7.27. The molecule has 0 unspecified atom stereocenters. The number of fused-ring (bicyclic) bond motifs is 1. The number of nitrogens with zero attached hydrogens (tertiary/aromatic N) is 1. The van der Waals surface area contributed by atoms with Gasteiger partial charge in [0.25, 0.3) is 0 Å². The summed E-state index contributed by atoms with van der Waals surface area (Å²) >= 11 is 3.30. The monoisotopic (exact) mass is 227 g/mol. The highest BCUT2D eigenvalue weighted by Crippen LogP contribution is 2.21. The molecule has 2 rings (SSSR count). The molecular formula is C8H6BrNO2. The molecule has 0 saturated carbocycles. The zero-order valence-electron chi connectivity index (χ0n) is 6.37. The first-order valence-electron chi connectivity index (χ1n) is 3.44. The van der Waals surface area contributed by atoms with E-state index >= 15 is 0 Å². The van der Waals surface area contributed by atoms with Crippen LogP contribution in [0.2, 0.25) is 0 Å². The van der Waals surface area contributed by atoms with E-state index in [1.54, 1.807) is 7.05 Å². The van der Waals surface area contributed by atoms with Gasteiger partial charge in [0.2, 0.25) is 0 Å². The van der Waals surface area contributed by atoms with Gasteiger partial charge in [0.05, 0.1) is 9.99 Å². The summed E-state index contributed by atoms with van der Waals surface area (Å²) in [5.41, 5.74) is 1.40. The minimum atomic E-state index is -0.336. The second-order valence-electron chi connectivity index (χ2n) is 2.52. The van der Waals surface area contributed by atoms with E-state index in [0.717, 1.165) is 9.99 Å². The van der Waals surface area contributed by atoms with E-state index < -0.39 is 0 Å². The summed E-state index contributed by atoms with van der Waals surface area (Å²) in [6.45, 7) is 0. The highest BCUT2D eigenvalue weighted by molar-refractivity contribution is 9.10. The summed E-state index contributed by atoms with van der Waals surface area (Å²) in [5.74, 6) is -0.336. The Hall–Kier alpha value is -1.03. The summed E-state index contributed by atoms with van der Waals surface area (Å²) in [6, 6.07) is 5.54. The Morgan fingerprint density at radius 3 is 2.92 bits per heavy atom. The van der Waals surface area contributed by atoms with Crippen molar-refractivity contribution in [1.29, 1.82) is 0 Å². The third-order valence-electron chi connectivity index (χ3n) is 1.77. The van der Waals surface area contributed by atoms with Crippen LogP contribution in [0.5, 0.6) is 0 Å². The van der Waals surface area contributed by atoms with Crippen molar-refractivity contribution in [2.24, 2.45) is 7.05 Å². The van der Waals surface area contributed by atoms with E-state index in [2.05, 4.69) is 15.9 Å². The van der Waals surface area contributed by atoms with Crippen molar-refractivity contribution in [2.75, 3.05) is 0 Å². The molecule has 0 spiro atoms. The van der Waals surface area contributed by atoms with Gasteiger partial charge in [-0.1, -0.05) is 6.07 Å². The van der Waals surface area contributed by atoms with Gasteiger partial charge >= 0.3 is 5.76 Å². The van der Waals surface area contributed by atoms with Gasteiger partial charge in [-0.3, -0.25) is 4.57 Å². The average molecular weight is 228 g/mol. The molecule has 0 saturated heterocycles. The lowest BCUT2D eigenvalue weighted by Crippen LogP contribution is -2.08. The number of hydrogen-bond acceptors (Lipinski definition) is 2. The predicted octanol–water partition coefficient (Wildman–Crippen LogP) is 1.89. The number of oxazole rings is 1. The lowest BCUT2D eigenvalue weighted by molar-refractivity contribution is 0.527. The molecule has 12 heavy (non-hydrogen) atoms. The standard InChI is InChI=1S/C8H6BrNO2/c1-10-6-4-2-3-5(9)7(6)12-8(10)11/h2-4H,1H3. The zero-order chi connectivity index (χ0) is 8.72. The Kier molecular flexibility index (Phi) is 1.58. The number of para-hydroxylation sites is 1. The van der Waals surface area contributed by atoms with E-state index in [0.29, 0.717) is 5.58 Å². The van der Waals surface area contributed by atoms with Crippen LogP contribution in [-0.2, 0) is 7.05 Å². The Morgan fingerprint density at radius 1 is 1.50 bits per heavy atom. The molecule has 0 radical (unpaired) electrons. The maximum Gasteiger partial charge on any atom is 0.419 e. The van der Waals surface area contributed by atoms with E-state index in [1.807, 2.05) is 18.2 Å². The van der Waals surface area contributed by atoms with Gasteiger partial charge in [-0.25, -0.2) is 4.79 Å². The molecule has 1 aromatic heterocycles. The molecule has 3 nitrogen and oxygen atoms in total. The van der Waals surface area contributed by atoms with E-state index in [4.69, 9.17) is 4.42 Å². The van der Waals surface area contributed by atoms with Gasteiger partial charge in [-0.15, -0.1) is 0 Å². The van der Waals surface area contributed by atoms with Gasteiger partial charge in [0.15, 0.2) is 5.58 Å². The fourth-order valence-electron chi connectivity index (χ4n) is 1.12. The highest BCUT2D eigenvalue weighted by Gasteiger charge is 2.06. The molecule has 0 bridgehead atoms. The Balaban J connectivity index is 3.05. The number of benzene rings is 1. The summed E-state index contributed by atoms with van der Waals surface area (Å²) in [6.07, 6.45) is 0. The van der Waals surface area contributed by atoms with Crippen molar-refractivity contribution < 1.29 is 4.42 Å². The molecule has 1 aromatic carbocycles. The normalized spacial score (nSPS) is 10.8. The molecule has 0 amide bonds. The van der Waals surface area contributed by atoms with Crippen molar-refractivity contribution in [3.8, 4) is 0 Å². The number of hydrogen-bond donors (Lipinski definition) is 0. The van der Waals surface area contributed by atoms with Crippen LogP contribution in [0, 0.1) is 0 Å². The van der Waals surface area contributed by atoms with Crippen LogP contribution >= 0.6 is 15.9 Å². The summed E-state index contributed by atoms with van der Waals surface area (Å²) in [5, 5.41) is 0. The van der Waals surface area contributed by atoms with Crippen LogP contribution < -0.4 is 5.76 Å². The Bertz CT molecular complexity index is 483. The van der Waals surface area contributed by atoms with Gasteiger partial charge in [-0.05, 0) is 28.1 Å². The molecule has 0 aliphatic rings. The van der Waals surface area contributed by atoms with Crippen molar-refractivity contribution in [2.45, 2.75) is 0 Å². The van der Waals surface area contributed by atoms with Gasteiger partial charge in [0.1, 0.15) is 0 Å². The second-order valence-corrected chi connectivity index (χ2v) is 3.37. The summed E-state index contributed by atoms with van der Waals surface area (Å²) in [4.78, 5) is 11.1. The minimum absolute atomic E-state index is 0.336. The maximum absolute atomic E-state index is 11.1. The number of aryl methyl sites for hydroxylation is 1. The lowest BCUT2D eigenvalue weighted by Gasteiger charge is -1.91. The molecule has 0 fully saturated rings. The van der Waals surface area contributed by atoms with E-state index in [9.17, 15) is 4.79 Å². The van der Waals surface area contributed by atoms with Crippen LogP contribution in [0.3, 0.4) is 0 Å². The van der Waals surface area contributed by atoms with E-state index in [1.165, 1.54) is 4.57 Å². The van der Waals surface area contributed by atoms with Crippen LogP contribution in [0.4, 0.5) is 0 Å². The smallest absolute Gasteiger partial charge is 0.406 e. The molecule has 62 valence electrons. The second kappa shape index (κ2) is 2.48. The van der Waals surface area contributed by atoms with Gasteiger partial charge in [0, 0.05) is 7.05 Å². The first kappa shape index (κ1) is 7.61. The van der Waals surface area contributed by atoms with Crippen molar-refractivity contribution >= 4 is 27.0 Å². The van der Waals surface area contributed by atoms with Crippen molar-refractivity contribution in [3.05, 3.63) is 33.2 Å². The van der Waals surface area contributed by atoms with Gasteiger partial charge in [-0.2, -0.15) is 0 Å². The maximum atomic E-state index is 11.1. The van der Waals surface area contributed by atoms with Crippen LogP contribution in [0.1, 0.15) is 0 Å². The largest absolute Gasteiger partial charge is 0.419 e. The molecule has 2 aromatic rings. The lowest BCUT2D eigenvalue weighted by atomic mass is 10.3. The molecule has 4 heteroatoms. The molecule has 1 heterocycles. The number of halogens is 1. The van der Waals surface area contributed by atoms with Gasteiger partial charge < -0.3 is 4.42 Å². The molecular weight excluding hydrogens is 222 g/mol. The van der Waals surface area contributed by atoms with Crippen LogP contribution in [0.25, 0.3) is 11.1 Å². The van der Waals surface area contributed by atoms with Crippen molar-refractivity contribution in [3.63, 3.8) is 0 Å². The highest BCUT2D eigenvalue weighted by atomic mass is 79.9. The van der Waals surface area contributed by atoms with Crippen LogP contribution in [-0.4, -0.2) is 4.57 Å². The first-order valence-corrected chi connectivity index (χ1v) is 4.23. The Morgan fingerprint density at radius 2 is 2.25 bits per heavy atom. The quantitative estimate of drug-likeness (QED) is 0.690. The zero-order valence-corrected chi connectivity index (χ0v) is 7.96. The molecule has 0 N–H and O–H groups in total. The topological polar surface area (TPSA) is 35.1 Å². The fourth-order valence-corrected chi connectivity index (χ4v) is 1.55.